The van der Waals surface area contributed by atoms with Gasteiger partial charge in [0.05, 0.1) is 31.4 Å². The van der Waals surface area contributed by atoms with Gasteiger partial charge in [-0.05, 0) is 53.9 Å². The first-order chi connectivity index (χ1) is 19.0. The SMILES string of the molecule is O=[SH](=O)c1cc(/N=N/c2ccc(Nc3ccccc3)c3c([SH](=O)=O)cccc23)c2c(O)cc(S(=O)(=O)O)cc2c1. The number of aromatic hydroxyl groups is 1. The van der Waals surface area contributed by atoms with Crippen LogP contribution in [0.5, 0.6) is 5.75 Å². The Morgan fingerprint density at radius 3 is 2.12 bits per heavy atom. The van der Waals surface area contributed by atoms with Crippen LogP contribution in [0.4, 0.5) is 22.7 Å². The van der Waals surface area contributed by atoms with Gasteiger partial charge in [0, 0.05) is 28.2 Å². The highest BCUT2D eigenvalue weighted by molar-refractivity contribution is 7.85. The van der Waals surface area contributed by atoms with Crippen molar-refractivity contribution in [3.63, 3.8) is 0 Å². The summed E-state index contributed by atoms with van der Waals surface area (Å²) < 4.78 is 80.4. The molecule has 3 N–H and O–H groups in total. The standard InChI is InChI=1S/C26H19N3O8S3/c30-23-14-18(40(35,36)37)12-15-11-17(38(31)32)13-22(25(15)23)29-28-20-9-10-21(27-16-5-2-1-3-6-16)26-19(20)7-4-8-24(26)39(33)34/h1-14,27,30,38-39H,(H,35,36,37)/b29-28+. The van der Waals surface area contributed by atoms with Gasteiger partial charge in [-0.2, -0.15) is 8.42 Å². The topological polar surface area (TPSA) is 180 Å². The van der Waals surface area contributed by atoms with Crippen LogP contribution in [-0.2, 0) is 31.5 Å². The second-order valence-corrected chi connectivity index (χ2v) is 12.0. The van der Waals surface area contributed by atoms with Crippen molar-refractivity contribution < 1.29 is 34.9 Å². The van der Waals surface area contributed by atoms with Gasteiger partial charge in [0.1, 0.15) is 5.75 Å². The van der Waals surface area contributed by atoms with Gasteiger partial charge in [0.25, 0.3) is 10.1 Å². The van der Waals surface area contributed by atoms with Gasteiger partial charge in [-0.1, -0.05) is 30.3 Å². The molecule has 0 aliphatic heterocycles. The van der Waals surface area contributed by atoms with Crippen LogP contribution in [-0.4, -0.2) is 34.9 Å². The lowest BCUT2D eigenvalue weighted by Crippen LogP contribution is -1.98. The zero-order valence-corrected chi connectivity index (χ0v) is 22.7. The molecule has 0 spiro atoms. The van der Waals surface area contributed by atoms with Gasteiger partial charge in [-0.15, -0.1) is 10.2 Å². The quantitative estimate of drug-likeness (QED) is 0.0975. The molecule has 0 atom stereocenters. The van der Waals surface area contributed by atoms with E-state index in [-0.39, 0.29) is 31.9 Å². The number of hydrogen-bond donors (Lipinski definition) is 5. The molecule has 0 saturated heterocycles. The van der Waals surface area contributed by atoms with Crippen molar-refractivity contribution in [3.8, 4) is 5.75 Å². The van der Waals surface area contributed by atoms with Crippen LogP contribution >= 0.6 is 0 Å². The van der Waals surface area contributed by atoms with Crippen LogP contribution in [0.2, 0.25) is 0 Å². The molecule has 0 aliphatic rings. The Bertz CT molecular complexity index is 2090. The Hall–Kier alpha value is -4.37. The molecule has 0 radical (unpaired) electrons. The summed E-state index contributed by atoms with van der Waals surface area (Å²) in [6.07, 6.45) is 0. The Balaban J connectivity index is 1.71. The zero-order chi connectivity index (χ0) is 28.6. The van der Waals surface area contributed by atoms with E-state index in [1.807, 2.05) is 30.3 Å². The summed E-state index contributed by atoms with van der Waals surface area (Å²) in [6.45, 7) is 0. The molecule has 0 fully saturated rings. The van der Waals surface area contributed by atoms with Crippen LogP contribution in [0.15, 0.2) is 110 Å². The van der Waals surface area contributed by atoms with Crippen LogP contribution in [0.3, 0.4) is 0 Å². The number of rotatable bonds is 7. The smallest absolute Gasteiger partial charge is 0.294 e. The molecular formula is C26H19N3O8S3. The number of fused-ring (bicyclic) bond motifs is 2. The van der Waals surface area contributed by atoms with Crippen molar-refractivity contribution in [2.75, 3.05) is 5.32 Å². The molecule has 204 valence electrons. The summed E-state index contributed by atoms with van der Waals surface area (Å²) in [5, 5.41) is 22.9. The molecule has 11 nitrogen and oxygen atoms in total. The number of azo groups is 1. The highest BCUT2D eigenvalue weighted by Gasteiger charge is 2.18. The summed E-state index contributed by atoms with van der Waals surface area (Å²) in [5.74, 6) is -0.579. The lowest BCUT2D eigenvalue weighted by Gasteiger charge is -2.13. The molecule has 5 rings (SSSR count). The third-order valence-electron chi connectivity index (χ3n) is 5.98. The van der Waals surface area contributed by atoms with Crippen LogP contribution in [0.25, 0.3) is 21.5 Å². The third-order valence-corrected chi connectivity index (χ3v) is 8.26. The lowest BCUT2D eigenvalue weighted by atomic mass is 10.1. The van der Waals surface area contributed by atoms with E-state index in [2.05, 4.69) is 15.5 Å². The minimum absolute atomic E-state index is 0.00764. The fraction of sp³-hybridized carbons (Fsp3) is 0. The molecule has 0 amide bonds. The number of nitrogens with one attached hydrogen (secondary N) is 1. The van der Waals surface area contributed by atoms with Crippen molar-refractivity contribution in [3.05, 3.63) is 84.9 Å². The van der Waals surface area contributed by atoms with E-state index in [0.717, 1.165) is 30.0 Å². The van der Waals surface area contributed by atoms with Gasteiger partial charge < -0.3 is 10.4 Å². The van der Waals surface area contributed by atoms with E-state index in [1.165, 1.54) is 6.07 Å². The number of para-hydroxylation sites is 1. The molecule has 40 heavy (non-hydrogen) atoms. The Morgan fingerprint density at radius 2 is 1.45 bits per heavy atom. The average molecular weight is 598 g/mol. The fourth-order valence-electron chi connectivity index (χ4n) is 4.26. The van der Waals surface area contributed by atoms with Gasteiger partial charge >= 0.3 is 0 Å². The predicted octanol–water partition coefficient (Wildman–Crippen LogP) is 5.04. The minimum atomic E-state index is -4.70. The number of anilines is 2. The molecule has 0 unspecified atom stereocenters. The van der Waals surface area contributed by atoms with E-state index in [0.29, 0.717) is 16.5 Å². The Labute approximate surface area is 231 Å². The molecule has 0 heterocycles. The molecule has 0 aromatic heterocycles. The van der Waals surface area contributed by atoms with E-state index in [4.69, 9.17) is 0 Å². The molecule has 0 bridgehead atoms. The molecule has 5 aromatic carbocycles. The number of benzene rings is 5. The largest absolute Gasteiger partial charge is 0.507 e. The number of hydrogen-bond acceptors (Lipinski definition) is 10. The summed E-state index contributed by atoms with van der Waals surface area (Å²) in [7, 11) is -10.8. The van der Waals surface area contributed by atoms with Crippen molar-refractivity contribution in [2.24, 2.45) is 10.2 Å². The summed E-state index contributed by atoms with van der Waals surface area (Å²) in [4.78, 5) is -0.819. The first-order valence-corrected chi connectivity index (χ1v) is 15.2. The van der Waals surface area contributed by atoms with Crippen molar-refractivity contribution in [1.82, 2.24) is 0 Å². The minimum Gasteiger partial charge on any atom is -0.507 e. The first-order valence-electron chi connectivity index (χ1n) is 11.4. The number of nitrogens with zero attached hydrogens (tertiary/aromatic N) is 2. The van der Waals surface area contributed by atoms with Crippen molar-refractivity contribution in [2.45, 2.75) is 14.7 Å². The van der Waals surface area contributed by atoms with E-state index in [1.54, 1.807) is 24.3 Å². The fourth-order valence-corrected chi connectivity index (χ4v) is 5.90. The van der Waals surface area contributed by atoms with Crippen molar-refractivity contribution >= 4 is 75.8 Å². The van der Waals surface area contributed by atoms with Crippen molar-refractivity contribution in [1.29, 1.82) is 0 Å². The van der Waals surface area contributed by atoms with E-state index >= 15 is 0 Å². The molecular weight excluding hydrogens is 579 g/mol. The van der Waals surface area contributed by atoms with Gasteiger partial charge in [-0.25, -0.2) is 16.8 Å². The maximum absolute atomic E-state index is 12.1. The molecule has 5 aromatic rings. The maximum Gasteiger partial charge on any atom is 0.294 e. The number of phenols is 1. The van der Waals surface area contributed by atoms with Crippen LogP contribution < -0.4 is 5.32 Å². The normalized spacial score (nSPS) is 12.2. The molecule has 0 saturated carbocycles. The monoisotopic (exact) mass is 597 g/mol. The molecule has 0 aliphatic carbocycles. The van der Waals surface area contributed by atoms with Gasteiger partial charge in [0.15, 0.2) is 21.4 Å². The third kappa shape index (κ3) is 5.37. The number of thiol groups is 2. The van der Waals surface area contributed by atoms with Gasteiger partial charge in [-0.3, -0.25) is 4.55 Å². The molecule has 14 heteroatoms. The Morgan fingerprint density at radius 1 is 0.725 bits per heavy atom. The van der Waals surface area contributed by atoms with Crippen LogP contribution in [0, 0.1) is 0 Å². The highest BCUT2D eigenvalue weighted by Crippen LogP contribution is 2.40. The number of phenolic OH excluding ortho intramolecular Hbond substituents is 1. The lowest BCUT2D eigenvalue weighted by molar-refractivity contribution is 0.471. The van der Waals surface area contributed by atoms with Gasteiger partial charge in [0.2, 0.25) is 0 Å². The second-order valence-electron chi connectivity index (χ2n) is 8.52. The predicted molar refractivity (Wildman–Crippen MR) is 150 cm³/mol. The second kappa shape index (κ2) is 10.7. The summed E-state index contributed by atoms with van der Waals surface area (Å²) >= 11 is 0. The van der Waals surface area contributed by atoms with E-state index < -0.39 is 42.2 Å². The van der Waals surface area contributed by atoms with Crippen LogP contribution in [0.1, 0.15) is 0 Å². The zero-order valence-electron chi connectivity index (χ0n) is 20.1. The first kappa shape index (κ1) is 27.2. The summed E-state index contributed by atoms with van der Waals surface area (Å²) in [5.41, 5.74) is 1.37. The maximum atomic E-state index is 12.1. The summed E-state index contributed by atoms with van der Waals surface area (Å²) in [6, 6.07) is 21.1. The van der Waals surface area contributed by atoms with E-state index in [9.17, 15) is 34.9 Å². The Kier molecular flexibility index (Phi) is 7.25. The highest BCUT2D eigenvalue weighted by atomic mass is 32.2. The average Bonchev–Trinajstić information content (AvgIpc) is 2.91.